The number of benzene rings is 2. The smallest absolute Gasteiger partial charge is 0.266 e. The lowest BCUT2D eigenvalue weighted by atomic mass is 10.2. The summed E-state index contributed by atoms with van der Waals surface area (Å²) in [5, 5.41) is 10.6. The second-order valence-electron chi connectivity index (χ2n) is 5.44. The number of amides is 1. The number of aliphatic imine (C=N–C) groups is 1. The largest absolute Gasteiger partial charge is 0.504 e. The Morgan fingerprint density at radius 3 is 2.69 bits per heavy atom. The number of phenols is 1. The normalized spacial score (nSPS) is 17.3. The standard InChI is InChI=1S/C19H17IN2O3S/c1-3-22-18(24)16(26-19(22)21-13-7-5-4-6-8-13)11-12-9-14(20)17(23)15(10-12)25-2/h4-11,23H,3H2,1-2H3. The van der Waals surface area contributed by atoms with Gasteiger partial charge in [-0.15, -0.1) is 0 Å². The SMILES string of the molecule is CCN1C(=O)C(=Cc2cc(I)c(O)c(OC)c2)SC1=Nc1ccccc1. The number of carbonyl (C=O) groups excluding carboxylic acids is 1. The molecule has 0 spiro atoms. The van der Waals surface area contributed by atoms with Gasteiger partial charge >= 0.3 is 0 Å². The Bertz CT molecular complexity index is 897. The van der Waals surface area contributed by atoms with Crippen LogP contribution in [0.25, 0.3) is 6.08 Å². The molecule has 7 heteroatoms. The number of hydrogen-bond acceptors (Lipinski definition) is 5. The molecule has 0 saturated carbocycles. The fourth-order valence-electron chi connectivity index (χ4n) is 2.47. The number of halogens is 1. The van der Waals surface area contributed by atoms with Crippen molar-refractivity contribution in [1.29, 1.82) is 0 Å². The molecule has 1 saturated heterocycles. The number of carbonyl (C=O) groups is 1. The number of para-hydroxylation sites is 1. The predicted octanol–water partition coefficient (Wildman–Crippen LogP) is 4.63. The van der Waals surface area contributed by atoms with Gasteiger partial charge in [-0.3, -0.25) is 9.69 Å². The minimum absolute atomic E-state index is 0.0748. The van der Waals surface area contributed by atoms with Crippen molar-refractivity contribution in [2.24, 2.45) is 4.99 Å². The van der Waals surface area contributed by atoms with E-state index in [2.05, 4.69) is 4.99 Å². The third kappa shape index (κ3) is 3.88. The molecular weight excluding hydrogens is 463 g/mol. The van der Waals surface area contributed by atoms with Gasteiger partial charge in [0.15, 0.2) is 16.7 Å². The van der Waals surface area contributed by atoms with Crippen LogP contribution >= 0.6 is 34.4 Å². The van der Waals surface area contributed by atoms with Gasteiger partial charge < -0.3 is 9.84 Å². The van der Waals surface area contributed by atoms with E-state index in [0.717, 1.165) is 11.3 Å². The number of aromatic hydroxyl groups is 1. The molecule has 0 radical (unpaired) electrons. The van der Waals surface area contributed by atoms with Gasteiger partial charge in [0.1, 0.15) is 0 Å². The number of amidine groups is 1. The first kappa shape index (κ1) is 18.8. The first-order chi connectivity index (χ1) is 12.5. The number of hydrogen-bond donors (Lipinski definition) is 1. The summed E-state index contributed by atoms with van der Waals surface area (Å²) in [7, 11) is 1.50. The summed E-state index contributed by atoms with van der Waals surface area (Å²) < 4.78 is 5.85. The van der Waals surface area contributed by atoms with Crippen molar-refractivity contribution in [1.82, 2.24) is 4.90 Å². The van der Waals surface area contributed by atoms with Crippen molar-refractivity contribution < 1.29 is 14.6 Å². The van der Waals surface area contributed by atoms with Gasteiger partial charge in [-0.1, -0.05) is 18.2 Å². The molecule has 0 aromatic heterocycles. The van der Waals surface area contributed by atoms with Gasteiger partial charge in [0.05, 0.1) is 21.3 Å². The summed E-state index contributed by atoms with van der Waals surface area (Å²) in [5.41, 5.74) is 1.60. The molecule has 134 valence electrons. The lowest BCUT2D eigenvalue weighted by molar-refractivity contribution is -0.122. The fraction of sp³-hybridized carbons (Fsp3) is 0.158. The van der Waals surface area contributed by atoms with Crippen molar-refractivity contribution in [3.63, 3.8) is 0 Å². The highest BCUT2D eigenvalue weighted by atomic mass is 127. The first-order valence-corrected chi connectivity index (χ1v) is 9.84. The van der Waals surface area contributed by atoms with Crippen LogP contribution < -0.4 is 4.74 Å². The summed E-state index contributed by atoms with van der Waals surface area (Å²) >= 11 is 3.38. The molecule has 3 rings (SSSR count). The summed E-state index contributed by atoms with van der Waals surface area (Å²) in [4.78, 5) is 19.6. The quantitative estimate of drug-likeness (QED) is 0.512. The van der Waals surface area contributed by atoms with Crippen molar-refractivity contribution in [2.75, 3.05) is 13.7 Å². The summed E-state index contributed by atoms with van der Waals surface area (Å²) in [6.07, 6.45) is 1.80. The van der Waals surface area contributed by atoms with Crippen molar-refractivity contribution in [3.05, 3.63) is 56.5 Å². The van der Waals surface area contributed by atoms with E-state index >= 15 is 0 Å². The van der Waals surface area contributed by atoms with Crippen LogP contribution in [-0.4, -0.2) is 34.7 Å². The van der Waals surface area contributed by atoms with E-state index in [1.54, 1.807) is 17.0 Å². The van der Waals surface area contributed by atoms with Crippen molar-refractivity contribution >= 4 is 57.2 Å². The Balaban J connectivity index is 1.97. The highest BCUT2D eigenvalue weighted by Gasteiger charge is 2.32. The van der Waals surface area contributed by atoms with E-state index in [0.29, 0.717) is 25.9 Å². The maximum atomic E-state index is 12.7. The molecular formula is C19H17IN2O3S. The van der Waals surface area contributed by atoms with Crippen LogP contribution in [0.4, 0.5) is 5.69 Å². The molecule has 0 aliphatic carbocycles. The maximum absolute atomic E-state index is 12.7. The van der Waals surface area contributed by atoms with E-state index in [9.17, 15) is 9.90 Å². The van der Waals surface area contributed by atoms with Gasteiger partial charge in [0.2, 0.25) is 0 Å². The number of thioether (sulfide) groups is 1. The minimum Gasteiger partial charge on any atom is -0.504 e. The van der Waals surface area contributed by atoms with E-state index in [4.69, 9.17) is 4.74 Å². The van der Waals surface area contributed by atoms with Crippen LogP contribution in [0.3, 0.4) is 0 Å². The van der Waals surface area contributed by atoms with E-state index in [-0.39, 0.29) is 11.7 Å². The average Bonchev–Trinajstić information content (AvgIpc) is 2.93. The second kappa shape index (κ2) is 8.13. The number of methoxy groups -OCH3 is 1. The van der Waals surface area contributed by atoms with Crippen LogP contribution in [-0.2, 0) is 4.79 Å². The van der Waals surface area contributed by atoms with Gasteiger partial charge in [-0.2, -0.15) is 0 Å². The molecule has 1 heterocycles. The molecule has 1 N–H and O–H groups in total. The molecule has 0 atom stereocenters. The Labute approximate surface area is 169 Å². The molecule has 26 heavy (non-hydrogen) atoms. The topological polar surface area (TPSA) is 62.1 Å². The zero-order chi connectivity index (χ0) is 18.7. The number of phenolic OH excluding ortho intramolecular Hbond substituents is 1. The lowest BCUT2D eigenvalue weighted by Crippen LogP contribution is -2.28. The summed E-state index contributed by atoms with van der Waals surface area (Å²) in [5.74, 6) is 0.404. The zero-order valence-corrected chi connectivity index (χ0v) is 17.2. The highest BCUT2D eigenvalue weighted by molar-refractivity contribution is 14.1. The number of likely N-dealkylation sites (N-methyl/N-ethyl adjacent to an activating group) is 1. The van der Waals surface area contributed by atoms with E-state index in [1.165, 1.54) is 18.9 Å². The molecule has 1 aliphatic rings. The summed E-state index contributed by atoms with van der Waals surface area (Å²) in [6.45, 7) is 2.47. The molecule has 0 unspecified atom stereocenters. The number of nitrogens with zero attached hydrogens (tertiary/aromatic N) is 2. The number of rotatable bonds is 4. The Morgan fingerprint density at radius 1 is 1.31 bits per heavy atom. The van der Waals surface area contributed by atoms with E-state index in [1.807, 2.05) is 65.9 Å². The van der Waals surface area contributed by atoms with Crippen molar-refractivity contribution in [2.45, 2.75) is 6.92 Å². The van der Waals surface area contributed by atoms with Crippen LogP contribution in [0.1, 0.15) is 12.5 Å². The van der Waals surface area contributed by atoms with Crippen LogP contribution in [0.5, 0.6) is 11.5 Å². The summed E-state index contributed by atoms with van der Waals surface area (Å²) in [6, 6.07) is 13.1. The van der Waals surface area contributed by atoms with Gasteiger partial charge in [-0.25, -0.2) is 4.99 Å². The molecule has 5 nitrogen and oxygen atoms in total. The van der Waals surface area contributed by atoms with E-state index < -0.39 is 0 Å². The third-order valence-corrected chi connectivity index (χ3v) is 5.58. The monoisotopic (exact) mass is 480 g/mol. The Hall–Kier alpha value is -2.00. The fourth-order valence-corrected chi connectivity index (χ4v) is 4.16. The van der Waals surface area contributed by atoms with Gasteiger partial charge in [0, 0.05) is 6.54 Å². The van der Waals surface area contributed by atoms with Crippen LogP contribution in [0.2, 0.25) is 0 Å². The minimum atomic E-state index is -0.0748. The molecule has 1 fully saturated rings. The van der Waals surface area contributed by atoms with Crippen LogP contribution in [0, 0.1) is 3.57 Å². The number of ether oxygens (including phenoxy) is 1. The second-order valence-corrected chi connectivity index (χ2v) is 7.61. The molecule has 2 aromatic carbocycles. The van der Waals surface area contributed by atoms with Crippen molar-refractivity contribution in [3.8, 4) is 11.5 Å². The lowest BCUT2D eigenvalue weighted by Gasteiger charge is -2.11. The first-order valence-electron chi connectivity index (χ1n) is 7.95. The molecule has 1 aliphatic heterocycles. The third-order valence-electron chi connectivity index (χ3n) is 3.75. The Morgan fingerprint density at radius 2 is 2.04 bits per heavy atom. The predicted molar refractivity (Wildman–Crippen MR) is 114 cm³/mol. The molecule has 0 bridgehead atoms. The maximum Gasteiger partial charge on any atom is 0.266 e. The molecule has 2 aromatic rings. The highest BCUT2D eigenvalue weighted by Crippen LogP contribution is 2.37. The average molecular weight is 480 g/mol. The zero-order valence-electron chi connectivity index (χ0n) is 14.3. The van der Waals surface area contributed by atoms with Gasteiger partial charge in [0.25, 0.3) is 5.91 Å². The van der Waals surface area contributed by atoms with Gasteiger partial charge in [-0.05, 0) is 77.2 Å². The molecule has 1 amide bonds. The van der Waals surface area contributed by atoms with Crippen LogP contribution in [0.15, 0.2) is 52.4 Å². The Kier molecular flexibility index (Phi) is 5.87.